The standard InChI is InChI=1S/C19H27N5/c1-2-8-22(9-3-1)16-18-14-21-19-6-10-23(11-12-24(18)19)15-17-5-4-7-20-13-17/h4-5,7,13-14H,1-3,6,8-12,15-16H2. The number of fused-ring (bicyclic) bond motifs is 1. The van der Waals surface area contributed by atoms with Crippen LogP contribution in [0, 0.1) is 0 Å². The van der Waals surface area contributed by atoms with E-state index in [9.17, 15) is 0 Å². The van der Waals surface area contributed by atoms with Crippen LogP contribution in [0.15, 0.2) is 30.7 Å². The average Bonchev–Trinajstić information content (AvgIpc) is 2.89. The molecule has 0 bridgehead atoms. The molecule has 4 heterocycles. The Morgan fingerprint density at radius 1 is 0.875 bits per heavy atom. The molecule has 24 heavy (non-hydrogen) atoms. The topological polar surface area (TPSA) is 37.2 Å². The molecular weight excluding hydrogens is 298 g/mol. The molecule has 0 N–H and O–H groups in total. The molecule has 4 rings (SSSR count). The first-order valence-corrected chi connectivity index (χ1v) is 9.25. The zero-order chi connectivity index (χ0) is 16.2. The average molecular weight is 325 g/mol. The van der Waals surface area contributed by atoms with Gasteiger partial charge in [0.2, 0.25) is 0 Å². The number of hydrogen-bond acceptors (Lipinski definition) is 4. The van der Waals surface area contributed by atoms with Crippen LogP contribution in [0.3, 0.4) is 0 Å². The number of nitrogens with zero attached hydrogens (tertiary/aromatic N) is 5. The molecule has 0 atom stereocenters. The van der Waals surface area contributed by atoms with Gasteiger partial charge in [0, 0.05) is 57.7 Å². The first-order valence-electron chi connectivity index (χ1n) is 9.25. The summed E-state index contributed by atoms with van der Waals surface area (Å²) < 4.78 is 2.47. The molecule has 1 fully saturated rings. The molecule has 0 radical (unpaired) electrons. The van der Waals surface area contributed by atoms with Crippen LogP contribution in [-0.2, 0) is 26.1 Å². The molecule has 0 saturated carbocycles. The van der Waals surface area contributed by atoms with Crippen molar-refractivity contribution in [2.75, 3.05) is 26.2 Å². The second kappa shape index (κ2) is 7.45. The zero-order valence-electron chi connectivity index (χ0n) is 14.4. The summed E-state index contributed by atoms with van der Waals surface area (Å²) in [6, 6.07) is 4.19. The first kappa shape index (κ1) is 15.8. The smallest absolute Gasteiger partial charge is 0.110 e. The number of pyridine rings is 1. The number of aromatic nitrogens is 3. The number of imidazole rings is 1. The number of likely N-dealkylation sites (tertiary alicyclic amines) is 1. The van der Waals surface area contributed by atoms with Crippen LogP contribution in [-0.4, -0.2) is 50.5 Å². The molecule has 0 unspecified atom stereocenters. The van der Waals surface area contributed by atoms with Gasteiger partial charge in [-0.1, -0.05) is 12.5 Å². The maximum absolute atomic E-state index is 4.72. The predicted octanol–water partition coefficient (Wildman–Crippen LogP) is 2.32. The Bertz CT molecular complexity index is 645. The summed E-state index contributed by atoms with van der Waals surface area (Å²) in [5.74, 6) is 1.26. The van der Waals surface area contributed by atoms with Crippen molar-refractivity contribution >= 4 is 0 Å². The highest BCUT2D eigenvalue weighted by Crippen LogP contribution is 2.17. The summed E-state index contributed by atoms with van der Waals surface area (Å²) in [6.07, 6.45) is 11.1. The van der Waals surface area contributed by atoms with E-state index in [-0.39, 0.29) is 0 Å². The second-order valence-electron chi connectivity index (χ2n) is 7.04. The van der Waals surface area contributed by atoms with Gasteiger partial charge in [-0.2, -0.15) is 0 Å². The number of rotatable bonds is 4. The van der Waals surface area contributed by atoms with Gasteiger partial charge in [0.1, 0.15) is 5.82 Å². The second-order valence-corrected chi connectivity index (χ2v) is 7.04. The monoisotopic (exact) mass is 325 g/mol. The van der Waals surface area contributed by atoms with Crippen LogP contribution < -0.4 is 0 Å². The summed E-state index contributed by atoms with van der Waals surface area (Å²) in [7, 11) is 0. The molecule has 2 aromatic rings. The van der Waals surface area contributed by atoms with Gasteiger partial charge < -0.3 is 4.57 Å². The van der Waals surface area contributed by atoms with Crippen LogP contribution in [0.1, 0.15) is 36.3 Å². The Kier molecular flexibility index (Phi) is 4.90. The fourth-order valence-electron chi connectivity index (χ4n) is 3.92. The molecule has 0 spiro atoms. The lowest BCUT2D eigenvalue weighted by molar-refractivity contribution is 0.214. The van der Waals surface area contributed by atoms with Crippen LogP contribution >= 0.6 is 0 Å². The Labute approximate surface area is 144 Å². The number of hydrogen-bond donors (Lipinski definition) is 0. The molecule has 128 valence electrons. The maximum Gasteiger partial charge on any atom is 0.110 e. The van der Waals surface area contributed by atoms with E-state index in [4.69, 9.17) is 4.98 Å². The van der Waals surface area contributed by atoms with Crippen LogP contribution in [0.25, 0.3) is 0 Å². The highest BCUT2D eigenvalue weighted by atomic mass is 15.2. The fraction of sp³-hybridized carbons (Fsp3) is 0.579. The van der Waals surface area contributed by atoms with E-state index < -0.39 is 0 Å². The van der Waals surface area contributed by atoms with Crippen molar-refractivity contribution in [3.05, 3.63) is 47.8 Å². The van der Waals surface area contributed by atoms with Gasteiger partial charge in [0.25, 0.3) is 0 Å². The maximum atomic E-state index is 4.72. The largest absolute Gasteiger partial charge is 0.329 e. The summed E-state index contributed by atoms with van der Waals surface area (Å²) in [5.41, 5.74) is 2.70. The molecular formula is C19H27N5. The minimum Gasteiger partial charge on any atom is -0.329 e. The minimum absolute atomic E-state index is 0.986. The van der Waals surface area contributed by atoms with E-state index in [0.717, 1.165) is 39.1 Å². The fourth-order valence-corrected chi connectivity index (χ4v) is 3.92. The predicted molar refractivity (Wildman–Crippen MR) is 94.6 cm³/mol. The van der Waals surface area contributed by atoms with Crippen molar-refractivity contribution < 1.29 is 0 Å². The number of piperidine rings is 1. The van der Waals surface area contributed by atoms with Crippen molar-refractivity contribution in [3.63, 3.8) is 0 Å². The lowest BCUT2D eigenvalue weighted by Gasteiger charge is -2.26. The third-order valence-corrected chi connectivity index (χ3v) is 5.28. The molecule has 1 saturated heterocycles. The van der Waals surface area contributed by atoms with Gasteiger partial charge in [-0.3, -0.25) is 14.8 Å². The van der Waals surface area contributed by atoms with E-state index in [0.29, 0.717) is 0 Å². The molecule has 5 nitrogen and oxygen atoms in total. The van der Waals surface area contributed by atoms with Crippen LogP contribution in [0.5, 0.6) is 0 Å². The summed E-state index contributed by atoms with van der Waals surface area (Å²) >= 11 is 0. The molecule has 0 aromatic carbocycles. The zero-order valence-corrected chi connectivity index (χ0v) is 14.4. The van der Waals surface area contributed by atoms with E-state index in [1.165, 1.54) is 49.4 Å². The van der Waals surface area contributed by atoms with Crippen LogP contribution in [0.2, 0.25) is 0 Å². The first-order chi connectivity index (χ1) is 11.9. The van der Waals surface area contributed by atoms with Crippen LogP contribution in [0.4, 0.5) is 0 Å². The Hall–Kier alpha value is -1.72. The SMILES string of the molecule is c1cncc(CN2CCc3ncc(CN4CCCCC4)n3CC2)c1. The third-order valence-electron chi connectivity index (χ3n) is 5.28. The van der Waals surface area contributed by atoms with Crippen molar-refractivity contribution in [2.45, 2.75) is 45.3 Å². The summed E-state index contributed by atoms with van der Waals surface area (Å²) in [4.78, 5) is 14.1. The van der Waals surface area contributed by atoms with Gasteiger partial charge >= 0.3 is 0 Å². The van der Waals surface area contributed by atoms with Gasteiger partial charge in [-0.25, -0.2) is 4.98 Å². The van der Waals surface area contributed by atoms with Crippen molar-refractivity contribution in [3.8, 4) is 0 Å². The Balaban J connectivity index is 1.40. The minimum atomic E-state index is 0.986. The molecule has 2 aliphatic rings. The van der Waals surface area contributed by atoms with Crippen molar-refractivity contribution in [2.24, 2.45) is 0 Å². The molecule has 5 heteroatoms. The molecule has 0 amide bonds. The molecule has 0 aliphatic carbocycles. The van der Waals surface area contributed by atoms with E-state index in [1.54, 1.807) is 0 Å². The summed E-state index contributed by atoms with van der Waals surface area (Å²) in [5, 5.41) is 0. The van der Waals surface area contributed by atoms with Crippen molar-refractivity contribution in [1.29, 1.82) is 0 Å². The highest BCUT2D eigenvalue weighted by Gasteiger charge is 2.19. The lowest BCUT2D eigenvalue weighted by Crippen LogP contribution is -2.30. The van der Waals surface area contributed by atoms with Gasteiger partial charge in [-0.15, -0.1) is 0 Å². The Morgan fingerprint density at radius 3 is 2.58 bits per heavy atom. The lowest BCUT2D eigenvalue weighted by atomic mass is 10.1. The highest BCUT2D eigenvalue weighted by molar-refractivity contribution is 5.10. The molecule has 2 aliphatic heterocycles. The third kappa shape index (κ3) is 3.68. The van der Waals surface area contributed by atoms with E-state index in [1.807, 2.05) is 18.5 Å². The molecule has 2 aromatic heterocycles. The van der Waals surface area contributed by atoms with Gasteiger partial charge in [0.15, 0.2) is 0 Å². The van der Waals surface area contributed by atoms with Crippen molar-refractivity contribution in [1.82, 2.24) is 24.3 Å². The Morgan fingerprint density at radius 2 is 1.75 bits per heavy atom. The van der Waals surface area contributed by atoms with Gasteiger partial charge in [-0.05, 0) is 37.6 Å². The quantitative estimate of drug-likeness (QED) is 0.864. The van der Waals surface area contributed by atoms with E-state index >= 15 is 0 Å². The normalized spacial score (nSPS) is 19.8. The van der Waals surface area contributed by atoms with Gasteiger partial charge in [0.05, 0.1) is 5.69 Å². The van der Waals surface area contributed by atoms with E-state index in [2.05, 4.69) is 31.6 Å². The summed E-state index contributed by atoms with van der Waals surface area (Å²) in [6.45, 7) is 7.76.